The zero-order chi connectivity index (χ0) is 16.7. The van der Waals surface area contributed by atoms with Gasteiger partial charge in [0.1, 0.15) is 0 Å². The molecular weight excluding hydrogens is 324 g/mol. The molecule has 0 aromatic heterocycles. The third-order valence-corrected chi connectivity index (χ3v) is 5.13. The molecule has 4 rings (SSSR count). The highest BCUT2D eigenvalue weighted by atomic mass is 35.5. The van der Waals surface area contributed by atoms with Crippen LogP contribution in [-0.4, -0.2) is 35.3 Å². The molecule has 0 radical (unpaired) electrons. The van der Waals surface area contributed by atoms with E-state index in [0.717, 1.165) is 17.5 Å². The first-order valence-corrected chi connectivity index (χ1v) is 8.39. The Morgan fingerprint density at radius 3 is 2.46 bits per heavy atom. The number of nitrogens with one attached hydrogen (secondary N) is 1. The van der Waals surface area contributed by atoms with Gasteiger partial charge in [-0.15, -0.1) is 0 Å². The number of carbonyl (C=O) groups excluding carboxylic acids is 2. The highest BCUT2D eigenvalue weighted by Crippen LogP contribution is 2.33. The van der Waals surface area contributed by atoms with E-state index in [1.807, 2.05) is 42.5 Å². The zero-order valence-electron chi connectivity index (χ0n) is 13.1. The number of hydrogen-bond donors (Lipinski definition) is 1. The Morgan fingerprint density at radius 2 is 1.83 bits per heavy atom. The summed E-state index contributed by atoms with van der Waals surface area (Å²) in [4.78, 5) is 25.8. The molecule has 2 fully saturated rings. The molecular formula is C19H17ClN2O2. The highest BCUT2D eigenvalue weighted by molar-refractivity contribution is 6.34. The maximum Gasteiger partial charge on any atom is 0.255 e. The molecule has 1 spiro atoms. The molecule has 2 aliphatic heterocycles. The van der Waals surface area contributed by atoms with Gasteiger partial charge in [-0.05, 0) is 29.7 Å². The van der Waals surface area contributed by atoms with Gasteiger partial charge >= 0.3 is 0 Å². The summed E-state index contributed by atoms with van der Waals surface area (Å²) in [5.74, 6) is -0.00117. The van der Waals surface area contributed by atoms with E-state index in [9.17, 15) is 9.59 Å². The fourth-order valence-electron chi connectivity index (χ4n) is 3.51. The molecule has 0 unspecified atom stereocenters. The van der Waals surface area contributed by atoms with E-state index in [1.165, 1.54) is 0 Å². The maximum atomic E-state index is 12.6. The van der Waals surface area contributed by atoms with Crippen molar-refractivity contribution < 1.29 is 9.59 Å². The van der Waals surface area contributed by atoms with Crippen molar-refractivity contribution in [3.05, 3.63) is 59.1 Å². The summed E-state index contributed by atoms with van der Waals surface area (Å²) in [6.07, 6.45) is 1.35. The number of likely N-dealkylation sites (tertiary alicyclic amines) is 1. The molecule has 0 aliphatic carbocycles. The third kappa shape index (κ3) is 2.57. The van der Waals surface area contributed by atoms with Crippen molar-refractivity contribution in [2.45, 2.75) is 18.4 Å². The van der Waals surface area contributed by atoms with Crippen molar-refractivity contribution in [3.8, 4) is 11.1 Å². The van der Waals surface area contributed by atoms with Crippen molar-refractivity contribution in [3.63, 3.8) is 0 Å². The molecule has 1 N–H and O–H groups in total. The van der Waals surface area contributed by atoms with Crippen molar-refractivity contribution in [1.29, 1.82) is 0 Å². The zero-order valence-corrected chi connectivity index (χ0v) is 13.8. The lowest BCUT2D eigenvalue weighted by atomic mass is 9.87. The summed E-state index contributed by atoms with van der Waals surface area (Å²) in [6, 6.07) is 15.5. The standard InChI is InChI=1S/C19H17ClN2O2/c20-16-10-14(13-4-2-1-3-5-13)6-7-15(16)18(24)22-11-19(12-22)9-8-17(23)21-19/h1-7,10H,8-9,11-12H2,(H,21,23). The second kappa shape index (κ2) is 5.64. The molecule has 0 atom stereocenters. The summed E-state index contributed by atoms with van der Waals surface area (Å²) >= 11 is 6.36. The highest BCUT2D eigenvalue weighted by Gasteiger charge is 2.49. The van der Waals surface area contributed by atoms with Gasteiger partial charge in [0.25, 0.3) is 5.91 Å². The van der Waals surface area contributed by atoms with E-state index < -0.39 is 0 Å². The molecule has 2 saturated heterocycles. The summed E-state index contributed by atoms with van der Waals surface area (Å²) < 4.78 is 0. The molecule has 2 aromatic carbocycles. The number of rotatable bonds is 2. The van der Waals surface area contributed by atoms with Gasteiger partial charge in [-0.2, -0.15) is 0 Å². The number of hydrogen-bond acceptors (Lipinski definition) is 2. The normalized spacial score (nSPS) is 18.4. The number of benzene rings is 2. The smallest absolute Gasteiger partial charge is 0.255 e. The van der Waals surface area contributed by atoms with Gasteiger partial charge < -0.3 is 10.2 Å². The number of carbonyl (C=O) groups is 2. The van der Waals surface area contributed by atoms with Crippen LogP contribution in [-0.2, 0) is 4.79 Å². The first-order chi connectivity index (χ1) is 11.6. The van der Waals surface area contributed by atoms with Crippen LogP contribution in [0.15, 0.2) is 48.5 Å². The molecule has 2 aliphatic rings. The molecule has 0 bridgehead atoms. The van der Waals surface area contributed by atoms with Crippen LogP contribution in [0.3, 0.4) is 0 Å². The lowest BCUT2D eigenvalue weighted by Crippen LogP contribution is -2.68. The summed E-state index contributed by atoms with van der Waals surface area (Å²) in [5, 5.41) is 3.44. The Labute approximate surface area is 145 Å². The molecule has 2 heterocycles. The number of halogens is 1. The van der Waals surface area contributed by atoms with Crippen LogP contribution < -0.4 is 5.32 Å². The predicted octanol–water partition coefficient (Wildman–Crippen LogP) is 3.11. The van der Waals surface area contributed by atoms with Crippen LogP contribution in [0, 0.1) is 0 Å². The van der Waals surface area contributed by atoms with Gasteiger partial charge in [0.15, 0.2) is 0 Å². The quantitative estimate of drug-likeness (QED) is 0.913. The van der Waals surface area contributed by atoms with E-state index in [4.69, 9.17) is 11.6 Å². The Balaban J connectivity index is 1.51. The minimum Gasteiger partial charge on any atom is -0.347 e. The lowest BCUT2D eigenvalue weighted by molar-refractivity contribution is -0.120. The van der Waals surface area contributed by atoms with Gasteiger partial charge in [0, 0.05) is 19.5 Å². The largest absolute Gasteiger partial charge is 0.347 e. The molecule has 24 heavy (non-hydrogen) atoms. The number of amides is 2. The molecule has 4 nitrogen and oxygen atoms in total. The van der Waals surface area contributed by atoms with Crippen LogP contribution in [0.4, 0.5) is 0 Å². The van der Waals surface area contributed by atoms with Crippen LogP contribution in [0.1, 0.15) is 23.2 Å². The average Bonchev–Trinajstić information content (AvgIpc) is 2.96. The molecule has 2 amide bonds. The second-order valence-electron chi connectivity index (χ2n) is 6.55. The van der Waals surface area contributed by atoms with Crippen LogP contribution >= 0.6 is 11.6 Å². The first-order valence-electron chi connectivity index (χ1n) is 8.02. The monoisotopic (exact) mass is 340 g/mol. The van der Waals surface area contributed by atoms with Crippen molar-refractivity contribution in [2.75, 3.05) is 13.1 Å². The minimum absolute atomic E-state index is 0.0762. The fraction of sp³-hybridized carbons (Fsp3) is 0.263. The summed E-state index contributed by atoms with van der Waals surface area (Å²) in [7, 11) is 0. The Bertz CT molecular complexity index is 813. The van der Waals surface area contributed by atoms with Gasteiger partial charge in [-0.3, -0.25) is 9.59 Å². The van der Waals surface area contributed by atoms with E-state index in [-0.39, 0.29) is 17.4 Å². The topological polar surface area (TPSA) is 49.4 Å². The average molecular weight is 341 g/mol. The van der Waals surface area contributed by atoms with Crippen LogP contribution in [0.2, 0.25) is 5.02 Å². The fourth-order valence-corrected chi connectivity index (χ4v) is 3.77. The van der Waals surface area contributed by atoms with Gasteiger partial charge in [-0.25, -0.2) is 0 Å². The minimum atomic E-state index is -0.205. The molecule has 5 heteroatoms. The molecule has 122 valence electrons. The van der Waals surface area contributed by atoms with Crippen molar-refractivity contribution in [1.82, 2.24) is 10.2 Å². The second-order valence-corrected chi connectivity index (χ2v) is 6.96. The Hall–Kier alpha value is -2.33. The van der Waals surface area contributed by atoms with Crippen LogP contribution in [0.25, 0.3) is 11.1 Å². The Kier molecular flexibility index (Phi) is 3.57. The summed E-state index contributed by atoms with van der Waals surface area (Å²) in [6.45, 7) is 1.13. The van der Waals surface area contributed by atoms with Gasteiger partial charge in [0.05, 0.1) is 16.1 Å². The van der Waals surface area contributed by atoms with E-state index in [1.54, 1.807) is 11.0 Å². The van der Waals surface area contributed by atoms with Crippen molar-refractivity contribution in [2.24, 2.45) is 0 Å². The Morgan fingerprint density at radius 1 is 1.08 bits per heavy atom. The predicted molar refractivity (Wildman–Crippen MR) is 92.9 cm³/mol. The van der Waals surface area contributed by atoms with E-state index in [2.05, 4.69) is 5.32 Å². The third-order valence-electron chi connectivity index (χ3n) is 4.82. The van der Waals surface area contributed by atoms with Crippen molar-refractivity contribution >= 4 is 23.4 Å². The lowest BCUT2D eigenvalue weighted by Gasteiger charge is -2.47. The molecule has 0 saturated carbocycles. The van der Waals surface area contributed by atoms with Crippen LogP contribution in [0.5, 0.6) is 0 Å². The maximum absolute atomic E-state index is 12.6. The molecule has 2 aromatic rings. The first kappa shape index (κ1) is 15.2. The van der Waals surface area contributed by atoms with Gasteiger partial charge in [-0.1, -0.05) is 48.0 Å². The summed E-state index contributed by atoms with van der Waals surface area (Å²) in [5.41, 5.74) is 2.36. The van der Waals surface area contributed by atoms with E-state index >= 15 is 0 Å². The van der Waals surface area contributed by atoms with E-state index in [0.29, 0.717) is 30.1 Å². The van der Waals surface area contributed by atoms with Gasteiger partial charge in [0.2, 0.25) is 5.91 Å². The number of nitrogens with zero attached hydrogens (tertiary/aromatic N) is 1. The SMILES string of the molecule is O=C1CCC2(CN(C(=O)c3ccc(-c4ccccc4)cc3Cl)C2)N1.